The normalized spacial score (nSPS) is 1.50. The minimum atomic E-state index is 0. The van der Waals surface area contributed by atoms with Crippen LogP contribution in [0.15, 0.2) is 0 Å². The third-order valence-electron chi connectivity index (χ3n) is 0. The van der Waals surface area contributed by atoms with Crippen molar-refractivity contribution in [3.8, 4) is 0 Å². The first-order valence-electron chi connectivity index (χ1n) is 0.183. The maximum Gasteiger partial charge on any atom is 0 e. The molecule has 0 aromatic heterocycles. The van der Waals surface area contributed by atoms with Gasteiger partial charge in [0.25, 0.3) is 0 Å². The molecule has 4 heteroatoms. The van der Waals surface area contributed by atoms with E-state index in [9.17, 15) is 0 Å². The molecule has 0 fully saturated rings. The predicted molar refractivity (Wildman–Crippen MR) is 12.9 cm³/mol. The Balaban J connectivity index is -0.00000000500. The van der Waals surface area contributed by atoms with Gasteiger partial charge in [0.1, 0.15) is 0 Å². The summed E-state index contributed by atoms with van der Waals surface area (Å²) in [5, 5.41) is 0. The van der Waals surface area contributed by atoms with Gasteiger partial charge < -0.3 is 0 Å². The van der Waals surface area contributed by atoms with Crippen LogP contribution < -0.4 is 0 Å². The molecule has 4 heavy (non-hydrogen) atoms. The Morgan fingerprint density at radius 2 is 1.25 bits per heavy atom. The van der Waals surface area contributed by atoms with Crippen molar-refractivity contribution in [3.63, 3.8) is 0 Å². The topological polar surface area (TPSA) is 0 Å². The Morgan fingerprint density at radius 1 is 1.25 bits per heavy atom. The first-order valence-corrected chi connectivity index (χ1v) is 6.36. The molecule has 0 bridgehead atoms. The zero-order valence-corrected chi connectivity index (χ0v) is 13.5. The van der Waals surface area contributed by atoms with Gasteiger partial charge in [0, 0.05) is 46.8 Å². The Labute approximate surface area is 78.1 Å². The van der Waals surface area contributed by atoms with Crippen LogP contribution in [0.2, 0.25) is 0 Å². The zero-order chi connectivity index (χ0) is 2.00. The van der Waals surface area contributed by atoms with Crippen molar-refractivity contribution in [1.82, 2.24) is 0 Å². The van der Waals surface area contributed by atoms with E-state index in [2.05, 4.69) is 12.8 Å². The van der Waals surface area contributed by atoms with Gasteiger partial charge in [0.05, 0.1) is 0 Å². The maximum absolute atomic E-state index is 2.32. The van der Waals surface area contributed by atoms with Crippen LogP contribution in [0.4, 0.5) is 0 Å². The van der Waals surface area contributed by atoms with Crippen molar-refractivity contribution in [2.45, 2.75) is 0 Å². The summed E-state index contributed by atoms with van der Waals surface area (Å²) in [6, 6.07) is 0. The molecule has 0 aromatic carbocycles. The van der Waals surface area contributed by atoms with Gasteiger partial charge in [0.15, 0.2) is 0 Å². The summed E-state index contributed by atoms with van der Waals surface area (Å²) in [5.74, 6) is 0. The fourth-order valence-electron chi connectivity index (χ4n) is 0. The van der Waals surface area contributed by atoms with Crippen molar-refractivity contribution < 1.29 is 46.8 Å². The van der Waals surface area contributed by atoms with E-state index in [4.69, 9.17) is 0 Å². The van der Waals surface area contributed by atoms with E-state index >= 15 is 0 Å². The summed E-state index contributed by atoms with van der Waals surface area (Å²) in [7, 11) is 0. The minimum absolute atomic E-state index is 0. The smallest absolute Gasteiger partial charge is 0 e. The van der Waals surface area contributed by atoms with Crippen LogP contribution in [-0.2, 0) is 46.8 Å². The molecule has 0 atom stereocenters. The molecule has 0 rings (SSSR count). The van der Waals surface area contributed by atoms with Crippen molar-refractivity contribution >= 4 is 32.9 Å². The Kier molecular flexibility index (Phi) is 66.9. The van der Waals surface area contributed by atoms with Crippen LogP contribution in [0.5, 0.6) is 0 Å². The molecule has 17 valence electrons. The third kappa shape index (κ3) is 8.85. The molecule has 0 unspecified atom stereocenters. The quantitative estimate of drug-likeness (QED) is 0.468. The summed E-state index contributed by atoms with van der Waals surface area (Å²) in [5.41, 5.74) is 0. The second-order valence-electron chi connectivity index (χ2n) is 0. The van der Waals surface area contributed by atoms with E-state index < -0.39 is 0 Å². The van der Waals surface area contributed by atoms with E-state index in [-0.39, 0.29) is 46.8 Å². The van der Waals surface area contributed by atoms with Crippen molar-refractivity contribution in [1.29, 1.82) is 0 Å². The van der Waals surface area contributed by atoms with Gasteiger partial charge in [-0.25, -0.2) is 0 Å². The van der Waals surface area contributed by atoms with Gasteiger partial charge >= 0.3 is 32.9 Å². The maximum atomic E-state index is 2.32. The summed E-state index contributed by atoms with van der Waals surface area (Å²) < 4.78 is 0. The monoisotopic (exact) mass is 389 g/mol. The zero-order valence-electron chi connectivity index (χ0n) is 2.27. The summed E-state index contributed by atoms with van der Waals surface area (Å²) in [6.07, 6.45) is 0. The molecular weight excluding hydrogens is 384 g/mol. The van der Waals surface area contributed by atoms with Crippen molar-refractivity contribution in [3.05, 3.63) is 0 Å². The SMILES string of the molecule is [Cd].[SeH][Te].[Zn]. The molecule has 0 saturated carbocycles. The molecule has 0 aromatic rings. The van der Waals surface area contributed by atoms with E-state index in [0.717, 1.165) is 0 Å². The average molecular weight is 385 g/mol. The Bertz CT molecular complexity index is 8.00. The molecule has 0 aliphatic heterocycles. The first-order chi connectivity index (χ1) is 1.00. The van der Waals surface area contributed by atoms with Crippen LogP contribution in [0.3, 0.4) is 0 Å². The summed E-state index contributed by atoms with van der Waals surface area (Å²) in [4.78, 5) is 0. The van der Waals surface area contributed by atoms with E-state index in [1.165, 1.54) is 0 Å². The Hall–Kier alpha value is 2.85. The molecule has 0 amide bonds. The van der Waals surface area contributed by atoms with E-state index in [0.29, 0.717) is 0 Å². The molecule has 0 aliphatic carbocycles. The molecule has 0 saturated heterocycles. The van der Waals surface area contributed by atoms with Gasteiger partial charge in [-0.2, -0.15) is 0 Å². The van der Waals surface area contributed by atoms with Gasteiger partial charge in [-0.1, -0.05) is 0 Å². The third-order valence-corrected chi connectivity index (χ3v) is 0. The van der Waals surface area contributed by atoms with Gasteiger partial charge in [-0.05, 0) is 0 Å². The Morgan fingerprint density at radius 3 is 1.25 bits per heavy atom. The molecule has 0 N–H and O–H groups in total. The van der Waals surface area contributed by atoms with Gasteiger partial charge in [-0.15, -0.1) is 0 Å². The van der Waals surface area contributed by atoms with Crippen LogP contribution in [-0.4, -0.2) is 32.9 Å². The molecular formula is HCdSeTeZn. The standard InChI is InChI=1S/Cd.HSeTe.Zn/c;1-2;/h;1H;. The minimum Gasteiger partial charge on any atom is 0 e. The van der Waals surface area contributed by atoms with Gasteiger partial charge in [-0.3, -0.25) is 0 Å². The average Bonchev–Trinajstić information content (AvgIpc) is 1.00. The number of rotatable bonds is 0. The molecule has 0 aliphatic rings. The fourth-order valence-corrected chi connectivity index (χ4v) is 0. The van der Waals surface area contributed by atoms with Crippen LogP contribution in [0, 0.1) is 0 Å². The predicted octanol–water partition coefficient (Wildman–Crippen LogP) is -1.03. The largest absolute Gasteiger partial charge is 0 e. The summed E-state index contributed by atoms with van der Waals surface area (Å²) >= 11 is 4.21. The van der Waals surface area contributed by atoms with E-state index in [1.54, 1.807) is 0 Å². The second kappa shape index (κ2) is 16.9. The molecule has 0 spiro atoms. The van der Waals surface area contributed by atoms with Crippen LogP contribution in [0.25, 0.3) is 0 Å². The molecule has 0 heterocycles. The summed E-state index contributed by atoms with van der Waals surface area (Å²) in [6.45, 7) is 0. The molecule has 0 nitrogen and oxygen atoms in total. The van der Waals surface area contributed by atoms with Crippen LogP contribution >= 0.6 is 0 Å². The molecule has 1 radical (unpaired) electrons. The van der Waals surface area contributed by atoms with Crippen molar-refractivity contribution in [2.24, 2.45) is 0 Å². The van der Waals surface area contributed by atoms with Crippen molar-refractivity contribution in [2.75, 3.05) is 0 Å². The first kappa shape index (κ1) is 15.8. The second-order valence-corrected chi connectivity index (χ2v) is 0. The van der Waals surface area contributed by atoms with Gasteiger partial charge in [0.2, 0.25) is 0 Å². The fraction of sp³-hybridized carbons (Fsp3) is 0. The van der Waals surface area contributed by atoms with E-state index in [1.807, 2.05) is 20.1 Å². The van der Waals surface area contributed by atoms with Crippen LogP contribution in [0.1, 0.15) is 0 Å². The number of hydrogen-bond donors (Lipinski definition) is 0. The number of hydrogen-bond acceptors (Lipinski definition) is 0.